The average molecular weight is 427 g/mol. The van der Waals surface area contributed by atoms with Crippen LogP contribution in [0.3, 0.4) is 0 Å². The fourth-order valence-electron chi connectivity index (χ4n) is 3.24. The van der Waals surface area contributed by atoms with E-state index in [0.29, 0.717) is 30.7 Å². The highest BCUT2D eigenvalue weighted by atomic mass is 19.4. The van der Waals surface area contributed by atoms with E-state index in [-0.39, 0.29) is 17.6 Å². The molecule has 1 amide bonds. The molecule has 1 fully saturated rings. The van der Waals surface area contributed by atoms with Gasteiger partial charge in [0.1, 0.15) is 5.60 Å². The molecule has 1 N–H and O–H groups in total. The predicted octanol–water partition coefficient (Wildman–Crippen LogP) is 4.34. The summed E-state index contributed by atoms with van der Waals surface area (Å²) in [5.41, 5.74) is -1.47. The van der Waals surface area contributed by atoms with E-state index in [2.05, 4.69) is 25.4 Å². The summed E-state index contributed by atoms with van der Waals surface area (Å²) in [5.74, 6) is 0.848. The van der Waals surface area contributed by atoms with Crippen LogP contribution in [0.1, 0.15) is 63.8 Å². The van der Waals surface area contributed by atoms with Crippen LogP contribution >= 0.6 is 0 Å². The van der Waals surface area contributed by atoms with Crippen molar-refractivity contribution < 1.29 is 27.2 Å². The third-order valence-corrected chi connectivity index (χ3v) is 4.75. The van der Waals surface area contributed by atoms with Gasteiger partial charge in [-0.15, -0.1) is 0 Å². The Bertz CT molecular complexity index is 854. The number of carbonyl (C=O) groups is 1. The van der Waals surface area contributed by atoms with Gasteiger partial charge in [-0.2, -0.15) is 18.2 Å². The highest BCUT2D eigenvalue weighted by Gasteiger charge is 2.32. The second-order valence-electron chi connectivity index (χ2n) is 8.35. The molecule has 11 heteroatoms. The maximum absolute atomic E-state index is 12.6. The second kappa shape index (κ2) is 8.57. The summed E-state index contributed by atoms with van der Waals surface area (Å²) in [6.07, 6.45) is -0.195. The number of hydrogen-bond acceptors (Lipinski definition) is 7. The quantitative estimate of drug-likeness (QED) is 0.774. The molecular formula is C19H24F3N5O3. The number of alkyl halides is 3. The maximum Gasteiger partial charge on any atom is 0.419 e. The Balaban J connectivity index is 1.51. The van der Waals surface area contributed by atoms with Crippen molar-refractivity contribution in [1.29, 1.82) is 0 Å². The van der Waals surface area contributed by atoms with Crippen molar-refractivity contribution in [3.05, 3.63) is 23.8 Å². The first-order valence-electron chi connectivity index (χ1n) is 9.71. The van der Waals surface area contributed by atoms with Crippen LogP contribution in [0.2, 0.25) is 0 Å². The van der Waals surface area contributed by atoms with Crippen LogP contribution in [0.4, 0.5) is 18.0 Å². The van der Waals surface area contributed by atoms with Crippen molar-refractivity contribution in [2.24, 2.45) is 5.92 Å². The van der Waals surface area contributed by atoms with Crippen LogP contribution in [0.5, 0.6) is 0 Å². The summed E-state index contributed by atoms with van der Waals surface area (Å²) in [6.45, 7) is 5.97. The minimum absolute atomic E-state index is 0.0201. The van der Waals surface area contributed by atoms with Gasteiger partial charge >= 0.3 is 12.3 Å². The smallest absolute Gasteiger partial charge is 0.419 e. The highest BCUT2D eigenvalue weighted by molar-refractivity contribution is 5.67. The number of halogens is 3. The third-order valence-electron chi connectivity index (χ3n) is 4.75. The Morgan fingerprint density at radius 2 is 1.77 bits per heavy atom. The predicted molar refractivity (Wildman–Crippen MR) is 99.3 cm³/mol. The number of carbonyl (C=O) groups excluding carboxylic acids is 1. The van der Waals surface area contributed by atoms with Gasteiger partial charge in [0.25, 0.3) is 0 Å². The molecule has 3 rings (SSSR count). The first kappa shape index (κ1) is 22.0. The van der Waals surface area contributed by atoms with E-state index in [0.717, 1.165) is 25.7 Å². The second-order valence-corrected chi connectivity index (χ2v) is 8.35. The van der Waals surface area contributed by atoms with E-state index >= 15 is 0 Å². The van der Waals surface area contributed by atoms with Crippen molar-refractivity contribution in [1.82, 2.24) is 25.4 Å². The Morgan fingerprint density at radius 3 is 2.33 bits per heavy atom. The molecule has 0 atom stereocenters. The molecule has 2 aromatic heterocycles. The summed E-state index contributed by atoms with van der Waals surface area (Å²) in [4.78, 5) is 23.4. The van der Waals surface area contributed by atoms with Crippen LogP contribution in [-0.2, 0) is 10.9 Å². The minimum atomic E-state index is -4.50. The topological polar surface area (TPSA) is 103 Å². The van der Waals surface area contributed by atoms with Gasteiger partial charge in [0.05, 0.1) is 5.56 Å². The molecule has 2 aromatic rings. The molecule has 30 heavy (non-hydrogen) atoms. The zero-order chi connectivity index (χ0) is 21.9. The lowest BCUT2D eigenvalue weighted by atomic mass is 9.82. The molecule has 0 aromatic carbocycles. The molecule has 164 valence electrons. The van der Waals surface area contributed by atoms with Gasteiger partial charge in [-0.3, -0.25) is 0 Å². The zero-order valence-electron chi connectivity index (χ0n) is 17.0. The molecule has 0 aliphatic heterocycles. The van der Waals surface area contributed by atoms with Gasteiger partial charge in [0.2, 0.25) is 17.5 Å². The summed E-state index contributed by atoms with van der Waals surface area (Å²) in [6, 6.07) is 0. The van der Waals surface area contributed by atoms with Crippen molar-refractivity contribution >= 4 is 6.09 Å². The Labute approximate surface area is 171 Å². The van der Waals surface area contributed by atoms with Crippen LogP contribution in [-0.4, -0.2) is 38.3 Å². The van der Waals surface area contributed by atoms with Gasteiger partial charge in [0, 0.05) is 24.9 Å². The molecule has 0 saturated heterocycles. The van der Waals surface area contributed by atoms with Crippen LogP contribution in [0, 0.1) is 5.92 Å². The van der Waals surface area contributed by atoms with Crippen molar-refractivity contribution in [2.75, 3.05) is 6.54 Å². The fraction of sp³-hybridized carbons (Fsp3) is 0.632. The molecule has 0 spiro atoms. The van der Waals surface area contributed by atoms with Gasteiger partial charge < -0.3 is 14.6 Å². The number of nitrogens with one attached hydrogen (secondary N) is 1. The molecule has 0 unspecified atom stereocenters. The average Bonchev–Trinajstić information content (AvgIpc) is 3.15. The molecule has 0 bridgehead atoms. The highest BCUT2D eigenvalue weighted by Crippen LogP contribution is 2.35. The van der Waals surface area contributed by atoms with Crippen molar-refractivity contribution in [2.45, 2.75) is 64.1 Å². The Morgan fingerprint density at radius 1 is 1.13 bits per heavy atom. The fourth-order valence-corrected chi connectivity index (χ4v) is 3.24. The van der Waals surface area contributed by atoms with Crippen molar-refractivity contribution in [3.8, 4) is 11.6 Å². The summed E-state index contributed by atoms with van der Waals surface area (Å²) in [7, 11) is 0. The van der Waals surface area contributed by atoms with Crippen LogP contribution < -0.4 is 5.32 Å². The van der Waals surface area contributed by atoms with Crippen LogP contribution in [0.15, 0.2) is 16.9 Å². The van der Waals surface area contributed by atoms with Gasteiger partial charge in [-0.25, -0.2) is 14.8 Å². The molecule has 8 nitrogen and oxygen atoms in total. The third kappa shape index (κ3) is 5.90. The number of alkyl carbamates (subject to hydrolysis) is 1. The van der Waals surface area contributed by atoms with E-state index in [4.69, 9.17) is 9.26 Å². The first-order valence-corrected chi connectivity index (χ1v) is 9.71. The standard InChI is InChI=1S/C19H24F3N5O3/c1-18(2,3)29-17(28)25-8-11-4-6-12(7-5-11)16-26-15(27-30-16)14-23-9-13(10-24-14)19(20,21)22/h9-12H,4-8H2,1-3H3,(H,25,28). The molecule has 1 aliphatic rings. The molecular weight excluding hydrogens is 403 g/mol. The van der Waals surface area contributed by atoms with Crippen LogP contribution in [0.25, 0.3) is 11.6 Å². The lowest BCUT2D eigenvalue weighted by Gasteiger charge is -2.27. The molecule has 1 saturated carbocycles. The summed E-state index contributed by atoms with van der Waals surface area (Å²) < 4.78 is 48.4. The number of aromatic nitrogens is 4. The first-order chi connectivity index (χ1) is 14.0. The number of ether oxygens (including phenoxy) is 1. The van der Waals surface area contributed by atoms with E-state index in [1.807, 2.05) is 20.8 Å². The maximum atomic E-state index is 12.6. The number of amides is 1. The van der Waals surface area contributed by atoms with E-state index in [9.17, 15) is 18.0 Å². The number of rotatable bonds is 4. The number of hydrogen-bond donors (Lipinski definition) is 1. The molecule has 2 heterocycles. The lowest BCUT2D eigenvalue weighted by Crippen LogP contribution is -2.36. The van der Waals surface area contributed by atoms with E-state index < -0.39 is 23.4 Å². The van der Waals surface area contributed by atoms with Gasteiger partial charge in [-0.05, 0) is 52.4 Å². The summed E-state index contributed by atoms with van der Waals surface area (Å²) >= 11 is 0. The lowest BCUT2D eigenvalue weighted by molar-refractivity contribution is -0.138. The molecule has 1 aliphatic carbocycles. The normalized spacial score (nSPS) is 20.1. The molecule has 0 radical (unpaired) electrons. The van der Waals surface area contributed by atoms with E-state index in [1.54, 1.807) is 0 Å². The Kier molecular flexibility index (Phi) is 6.27. The summed E-state index contributed by atoms with van der Waals surface area (Å²) in [5, 5.41) is 6.60. The minimum Gasteiger partial charge on any atom is -0.444 e. The van der Waals surface area contributed by atoms with Crippen molar-refractivity contribution in [3.63, 3.8) is 0 Å². The van der Waals surface area contributed by atoms with Gasteiger partial charge in [-0.1, -0.05) is 5.16 Å². The SMILES string of the molecule is CC(C)(C)OC(=O)NCC1CCC(c2nc(-c3ncc(C(F)(F)F)cn3)no2)CC1. The van der Waals surface area contributed by atoms with Gasteiger partial charge in [0.15, 0.2) is 0 Å². The number of nitrogens with zero attached hydrogens (tertiary/aromatic N) is 4. The largest absolute Gasteiger partial charge is 0.444 e. The van der Waals surface area contributed by atoms with E-state index in [1.165, 1.54) is 0 Å². The Hall–Kier alpha value is -2.72. The zero-order valence-corrected chi connectivity index (χ0v) is 17.0. The monoisotopic (exact) mass is 427 g/mol.